The van der Waals surface area contributed by atoms with Gasteiger partial charge in [-0.15, -0.1) is 0 Å². The molecule has 5 nitrogen and oxygen atoms in total. The number of carbonyl (C=O) groups is 2. The summed E-state index contributed by atoms with van der Waals surface area (Å²) in [4.78, 5) is 23.7. The predicted octanol–water partition coefficient (Wildman–Crippen LogP) is 3.35. The van der Waals surface area contributed by atoms with Crippen LogP contribution in [-0.2, 0) is 27.2 Å². The van der Waals surface area contributed by atoms with E-state index in [0.717, 1.165) is 30.4 Å². The smallest absolute Gasteiger partial charge is 0.344 e. The SMILES string of the molecule is Cc1ccc(NC(=O)COC(=O)COc2ccc3c(c2)CCC3)c(C)c1. The normalized spacial score (nSPS) is 12.4. The van der Waals surface area contributed by atoms with Crippen LogP contribution in [0.5, 0.6) is 5.75 Å². The van der Waals surface area contributed by atoms with Crippen molar-refractivity contribution in [3.63, 3.8) is 0 Å². The van der Waals surface area contributed by atoms with Crippen LogP contribution in [0.25, 0.3) is 0 Å². The van der Waals surface area contributed by atoms with Gasteiger partial charge in [0.2, 0.25) is 0 Å². The molecule has 2 aromatic carbocycles. The molecule has 136 valence electrons. The molecule has 1 amide bonds. The van der Waals surface area contributed by atoms with Gasteiger partial charge in [-0.05, 0) is 68.0 Å². The van der Waals surface area contributed by atoms with E-state index < -0.39 is 5.97 Å². The third-order valence-electron chi connectivity index (χ3n) is 4.45. The number of esters is 1. The molecule has 1 aliphatic carbocycles. The quantitative estimate of drug-likeness (QED) is 0.809. The van der Waals surface area contributed by atoms with Gasteiger partial charge in [0.25, 0.3) is 5.91 Å². The van der Waals surface area contributed by atoms with Crippen LogP contribution in [-0.4, -0.2) is 25.1 Å². The van der Waals surface area contributed by atoms with Gasteiger partial charge < -0.3 is 14.8 Å². The summed E-state index contributed by atoms with van der Waals surface area (Å²) in [5, 5.41) is 2.74. The Kier molecular flexibility index (Phi) is 5.56. The van der Waals surface area contributed by atoms with Crippen molar-refractivity contribution < 1.29 is 19.1 Å². The topological polar surface area (TPSA) is 64.6 Å². The molecule has 0 heterocycles. The summed E-state index contributed by atoms with van der Waals surface area (Å²) < 4.78 is 10.4. The third kappa shape index (κ3) is 4.63. The number of aryl methyl sites for hydroxylation is 4. The van der Waals surface area contributed by atoms with Crippen LogP contribution >= 0.6 is 0 Å². The molecule has 0 spiro atoms. The van der Waals surface area contributed by atoms with Crippen molar-refractivity contribution in [3.8, 4) is 5.75 Å². The largest absolute Gasteiger partial charge is 0.482 e. The number of ether oxygens (including phenoxy) is 2. The van der Waals surface area contributed by atoms with Gasteiger partial charge >= 0.3 is 5.97 Å². The molecular weight excluding hydrogens is 330 g/mol. The molecule has 0 saturated heterocycles. The minimum atomic E-state index is -0.568. The van der Waals surface area contributed by atoms with E-state index in [1.165, 1.54) is 11.1 Å². The van der Waals surface area contributed by atoms with E-state index in [9.17, 15) is 9.59 Å². The Morgan fingerprint density at radius 2 is 1.81 bits per heavy atom. The maximum atomic E-state index is 11.9. The van der Waals surface area contributed by atoms with Crippen molar-refractivity contribution in [1.29, 1.82) is 0 Å². The Hall–Kier alpha value is -2.82. The number of benzene rings is 2. The number of nitrogens with one attached hydrogen (secondary N) is 1. The van der Waals surface area contributed by atoms with Gasteiger partial charge in [0, 0.05) is 5.69 Å². The highest BCUT2D eigenvalue weighted by molar-refractivity contribution is 5.93. The Labute approximate surface area is 153 Å². The summed E-state index contributed by atoms with van der Waals surface area (Å²) in [7, 11) is 0. The fourth-order valence-electron chi connectivity index (χ4n) is 3.11. The lowest BCUT2D eigenvalue weighted by Crippen LogP contribution is -2.24. The van der Waals surface area contributed by atoms with Gasteiger partial charge in [0.1, 0.15) is 5.75 Å². The molecule has 0 bridgehead atoms. The van der Waals surface area contributed by atoms with E-state index >= 15 is 0 Å². The van der Waals surface area contributed by atoms with Crippen LogP contribution in [0.2, 0.25) is 0 Å². The van der Waals surface area contributed by atoms with E-state index in [2.05, 4.69) is 5.32 Å². The molecular formula is C21H23NO4. The summed E-state index contributed by atoms with van der Waals surface area (Å²) >= 11 is 0. The Morgan fingerprint density at radius 1 is 1.00 bits per heavy atom. The summed E-state index contributed by atoms with van der Waals surface area (Å²) in [5.41, 5.74) is 5.43. The number of amides is 1. The molecule has 0 radical (unpaired) electrons. The number of anilines is 1. The summed E-state index contributed by atoms with van der Waals surface area (Å²) in [6.45, 7) is 3.36. The predicted molar refractivity (Wildman–Crippen MR) is 99.5 cm³/mol. The molecule has 0 aliphatic heterocycles. The standard InChI is InChI=1S/C21H23NO4/c1-14-6-9-19(15(2)10-14)22-20(23)12-26-21(24)13-25-18-8-7-16-4-3-5-17(16)11-18/h6-11H,3-5,12-13H2,1-2H3,(H,22,23). The van der Waals surface area contributed by atoms with Crippen molar-refractivity contribution in [1.82, 2.24) is 0 Å². The highest BCUT2D eigenvalue weighted by Gasteiger charge is 2.13. The van der Waals surface area contributed by atoms with Gasteiger partial charge in [-0.1, -0.05) is 23.8 Å². The molecule has 1 aliphatic rings. The van der Waals surface area contributed by atoms with Crippen LogP contribution in [0.3, 0.4) is 0 Å². The lowest BCUT2D eigenvalue weighted by atomic mass is 10.1. The molecule has 2 aromatic rings. The first-order valence-electron chi connectivity index (χ1n) is 8.78. The van der Waals surface area contributed by atoms with Crippen LogP contribution in [0.4, 0.5) is 5.69 Å². The zero-order valence-corrected chi connectivity index (χ0v) is 15.1. The summed E-state index contributed by atoms with van der Waals surface area (Å²) in [5.74, 6) is -0.286. The van der Waals surface area contributed by atoms with E-state index in [1.807, 2.05) is 50.2 Å². The van der Waals surface area contributed by atoms with Gasteiger partial charge in [0.05, 0.1) is 0 Å². The Bertz CT molecular complexity index is 829. The van der Waals surface area contributed by atoms with E-state index in [1.54, 1.807) is 0 Å². The minimum absolute atomic E-state index is 0.213. The lowest BCUT2D eigenvalue weighted by Gasteiger charge is -2.10. The summed E-state index contributed by atoms with van der Waals surface area (Å²) in [6, 6.07) is 11.6. The van der Waals surface area contributed by atoms with Crippen LogP contribution in [0, 0.1) is 13.8 Å². The second kappa shape index (κ2) is 8.04. The minimum Gasteiger partial charge on any atom is -0.482 e. The molecule has 1 N–H and O–H groups in total. The number of hydrogen-bond acceptors (Lipinski definition) is 4. The highest BCUT2D eigenvalue weighted by Crippen LogP contribution is 2.26. The average Bonchev–Trinajstić information content (AvgIpc) is 3.08. The average molecular weight is 353 g/mol. The van der Waals surface area contributed by atoms with Crippen molar-refractivity contribution in [2.75, 3.05) is 18.5 Å². The first-order chi connectivity index (χ1) is 12.5. The van der Waals surface area contributed by atoms with Gasteiger partial charge in [0.15, 0.2) is 13.2 Å². The van der Waals surface area contributed by atoms with Crippen LogP contribution < -0.4 is 10.1 Å². The maximum Gasteiger partial charge on any atom is 0.344 e. The van der Waals surface area contributed by atoms with E-state index in [4.69, 9.17) is 9.47 Å². The summed E-state index contributed by atoms with van der Waals surface area (Å²) in [6.07, 6.45) is 3.32. The second-order valence-electron chi connectivity index (χ2n) is 6.60. The zero-order valence-electron chi connectivity index (χ0n) is 15.1. The molecule has 0 fully saturated rings. The fraction of sp³-hybridized carbons (Fsp3) is 0.333. The van der Waals surface area contributed by atoms with Crippen molar-refractivity contribution in [2.45, 2.75) is 33.1 Å². The first kappa shape index (κ1) is 18.0. The van der Waals surface area contributed by atoms with Crippen molar-refractivity contribution >= 4 is 17.6 Å². The molecule has 5 heteroatoms. The number of hydrogen-bond donors (Lipinski definition) is 1. The second-order valence-corrected chi connectivity index (χ2v) is 6.60. The monoisotopic (exact) mass is 353 g/mol. The van der Waals surface area contributed by atoms with Gasteiger partial charge in [-0.2, -0.15) is 0 Å². The molecule has 0 aromatic heterocycles. The molecule has 0 atom stereocenters. The van der Waals surface area contributed by atoms with E-state index in [0.29, 0.717) is 11.4 Å². The molecule has 3 rings (SSSR count). The molecule has 0 unspecified atom stereocenters. The maximum absolute atomic E-state index is 11.9. The first-order valence-corrected chi connectivity index (χ1v) is 8.78. The lowest BCUT2D eigenvalue weighted by molar-refractivity contribution is -0.149. The van der Waals surface area contributed by atoms with E-state index in [-0.39, 0.29) is 19.1 Å². The number of carbonyl (C=O) groups excluding carboxylic acids is 2. The highest BCUT2D eigenvalue weighted by atomic mass is 16.6. The number of rotatable bonds is 6. The van der Waals surface area contributed by atoms with Crippen molar-refractivity contribution in [2.24, 2.45) is 0 Å². The Balaban J connectivity index is 1.43. The molecule has 0 saturated carbocycles. The molecule has 26 heavy (non-hydrogen) atoms. The fourth-order valence-corrected chi connectivity index (χ4v) is 3.11. The van der Waals surface area contributed by atoms with Crippen LogP contribution in [0.1, 0.15) is 28.7 Å². The Morgan fingerprint density at radius 3 is 2.62 bits per heavy atom. The van der Waals surface area contributed by atoms with Gasteiger partial charge in [-0.25, -0.2) is 4.79 Å². The zero-order chi connectivity index (χ0) is 18.5. The van der Waals surface area contributed by atoms with Gasteiger partial charge in [-0.3, -0.25) is 4.79 Å². The van der Waals surface area contributed by atoms with Crippen LogP contribution in [0.15, 0.2) is 36.4 Å². The number of fused-ring (bicyclic) bond motifs is 1. The van der Waals surface area contributed by atoms with Crippen molar-refractivity contribution in [3.05, 3.63) is 58.7 Å². The third-order valence-corrected chi connectivity index (χ3v) is 4.45.